The first kappa shape index (κ1) is 17.2. The number of piperazine rings is 1. The molecule has 24 heavy (non-hydrogen) atoms. The van der Waals surface area contributed by atoms with E-state index in [0.29, 0.717) is 6.04 Å². The van der Waals surface area contributed by atoms with Crippen molar-refractivity contribution in [2.45, 2.75) is 38.8 Å². The Balaban J connectivity index is 1.49. The number of hydrogen-bond donors (Lipinski definition) is 1. The van der Waals surface area contributed by atoms with Crippen molar-refractivity contribution >= 4 is 6.03 Å². The van der Waals surface area contributed by atoms with Gasteiger partial charge in [0.15, 0.2) is 0 Å². The Labute approximate surface area is 143 Å². The van der Waals surface area contributed by atoms with Crippen molar-refractivity contribution in [2.75, 3.05) is 39.4 Å². The van der Waals surface area contributed by atoms with E-state index in [0.717, 1.165) is 63.5 Å². The number of aromatic nitrogens is 2. The average Bonchev–Trinajstić information content (AvgIpc) is 2.95. The predicted octanol–water partition coefficient (Wildman–Crippen LogP) is 1.30. The quantitative estimate of drug-likeness (QED) is 0.904. The van der Waals surface area contributed by atoms with E-state index in [4.69, 9.17) is 4.74 Å². The number of aryl methyl sites for hydroxylation is 1. The lowest BCUT2D eigenvalue weighted by Crippen LogP contribution is -2.55. The van der Waals surface area contributed by atoms with Crippen molar-refractivity contribution < 1.29 is 9.53 Å². The lowest BCUT2D eigenvalue weighted by Gasteiger charge is -2.40. The first-order valence-corrected chi connectivity index (χ1v) is 8.92. The van der Waals surface area contributed by atoms with Crippen LogP contribution in [0.4, 0.5) is 4.79 Å². The van der Waals surface area contributed by atoms with Crippen LogP contribution in [0.2, 0.25) is 0 Å². The predicted molar refractivity (Wildman–Crippen MR) is 91.9 cm³/mol. The molecular weight excluding hydrogens is 306 g/mol. The van der Waals surface area contributed by atoms with Crippen LogP contribution in [0.1, 0.15) is 37.1 Å². The number of rotatable bonds is 3. The molecule has 2 aliphatic rings. The Kier molecular flexibility index (Phi) is 5.40. The summed E-state index contributed by atoms with van der Waals surface area (Å²) in [5, 5.41) is 7.36. The zero-order valence-electron chi connectivity index (χ0n) is 15.0. The summed E-state index contributed by atoms with van der Waals surface area (Å²) in [7, 11) is 1.92. The smallest absolute Gasteiger partial charge is 0.317 e. The van der Waals surface area contributed by atoms with Gasteiger partial charge in [0.2, 0.25) is 0 Å². The fraction of sp³-hybridized carbons (Fsp3) is 0.765. The van der Waals surface area contributed by atoms with Crippen LogP contribution in [0.3, 0.4) is 0 Å². The summed E-state index contributed by atoms with van der Waals surface area (Å²) in [6.45, 7) is 9.28. The summed E-state index contributed by atoms with van der Waals surface area (Å²) < 4.78 is 7.28. The third-order valence-electron chi connectivity index (χ3n) is 5.39. The molecule has 7 heteroatoms. The van der Waals surface area contributed by atoms with Crippen molar-refractivity contribution in [3.8, 4) is 0 Å². The molecule has 1 aromatic heterocycles. The van der Waals surface area contributed by atoms with E-state index in [1.54, 1.807) is 0 Å². The second kappa shape index (κ2) is 7.53. The van der Waals surface area contributed by atoms with E-state index >= 15 is 0 Å². The van der Waals surface area contributed by atoms with Gasteiger partial charge in [-0.25, -0.2) is 4.79 Å². The maximum atomic E-state index is 12.5. The van der Waals surface area contributed by atoms with Gasteiger partial charge >= 0.3 is 6.03 Å². The van der Waals surface area contributed by atoms with Crippen LogP contribution in [0.25, 0.3) is 0 Å². The molecule has 1 aromatic rings. The number of amides is 2. The van der Waals surface area contributed by atoms with E-state index in [2.05, 4.69) is 15.3 Å². The summed E-state index contributed by atoms with van der Waals surface area (Å²) in [6.07, 6.45) is 4.07. The van der Waals surface area contributed by atoms with E-state index < -0.39 is 0 Å². The molecule has 0 saturated carbocycles. The molecular formula is C17H29N5O2. The van der Waals surface area contributed by atoms with E-state index in [1.807, 2.05) is 36.7 Å². The molecule has 2 amide bonds. The summed E-state index contributed by atoms with van der Waals surface area (Å²) in [5.41, 5.74) is 2.17. The van der Waals surface area contributed by atoms with Crippen LogP contribution in [-0.2, 0) is 11.8 Å². The van der Waals surface area contributed by atoms with Crippen LogP contribution in [0, 0.1) is 6.92 Å². The number of urea groups is 1. The molecule has 0 aliphatic carbocycles. The van der Waals surface area contributed by atoms with Gasteiger partial charge in [-0.15, -0.1) is 0 Å². The van der Waals surface area contributed by atoms with Crippen LogP contribution in [-0.4, -0.2) is 71.0 Å². The second-order valence-corrected chi connectivity index (χ2v) is 6.85. The molecule has 2 fully saturated rings. The van der Waals surface area contributed by atoms with Gasteiger partial charge in [0.1, 0.15) is 0 Å². The molecule has 2 aliphatic heterocycles. The lowest BCUT2D eigenvalue weighted by atomic mass is 10.1. The Morgan fingerprint density at radius 1 is 1.29 bits per heavy atom. The van der Waals surface area contributed by atoms with Crippen molar-refractivity contribution in [3.63, 3.8) is 0 Å². The highest BCUT2D eigenvalue weighted by atomic mass is 16.5. The summed E-state index contributed by atoms with van der Waals surface area (Å²) >= 11 is 0. The third kappa shape index (κ3) is 3.72. The number of nitrogens with zero attached hydrogens (tertiary/aromatic N) is 4. The minimum absolute atomic E-state index is 0.0254. The molecule has 1 atom stereocenters. The van der Waals surface area contributed by atoms with Gasteiger partial charge in [0, 0.05) is 63.7 Å². The molecule has 134 valence electrons. The number of carbonyl (C=O) groups excluding carboxylic acids is 1. The molecule has 0 aromatic carbocycles. The minimum Gasteiger partial charge on any atom is -0.381 e. The van der Waals surface area contributed by atoms with Gasteiger partial charge in [-0.1, -0.05) is 0 Å². The van der Waals surface area contributed by atoms with E-state index in [-0.39, 0.29) is 12.1 Å². The first-order chi connectivity index (χ1) is 11.6. The van der Waals surface area contributed by atoms with Gasteiger partial charge in [0.05, 0.1) is 12.2 Å². The zero-order valence-corrected chi connectivity index (χ0v) is 15.0. The Morgan fingerprint density at radius 3 is 2.54 bits per heavy atom. The van der Waals surface area contributed by atoms with E-state index in [9.17, 15) is 4.79 Å². The number of hydrogen-bond acceptors (Lipinski definition) is 4. The highest BCUT2D eigenvalue weighted by molar-refractivity contribution is 5.74. The molecule has 7 nitrogen and oxygen atoms in total. The van der Waals surface area contributed by atoms with Crippen molar-refractivity contribution in [1.82, 2.24) is 24.9 Å². The Hall–Kier alpha value is -1.60. The van der Waals surface area contributed by atoms with Gasteiger partial charge in [-0.2, -0.15) is 5.10 Å². The first-order valence-electron chi connectivity index (χ1n) is 8.92. The maximum Gasteiger partial charge on any atom is 0.317 e. The number of ether oxygens (including phenoxy) is 1. The van der Waals surface area contributed by atoms with Gasteiger partial charge < -0.3 is 15.0 Å². The Morgan fingerprint density at radius 2 is 1.96 bits per heavy atom. The van der Waals surface area contributed by atoms with Crippen molar-refractivity contribution in [3.05, 3.63) is 17.5 Å². The van der Waals surface area contributed by atoms with Crippen LogP contribution >= 0.6 is 0 Å². The zero-order chi connectivity index (χ0) is 17.1. The molecule has 0 radical (unpaired) electrons. The van der Waals surface area contributed by atoms with Crippen LogP contribution < -0.4 is 5.32 Å². The number of carbonyl (C=O) groups is 1. The number of nitrogens with one attached hydrogen (secondary N) is 1. The topological polar surface area (TPSA) is 62.6 Å². The monoisotopic (exact) mass is 335 g/mol. The fourth-order valence-electron chi connectivity index (χ4n) is 3.64. The molecule has 0 unspecified atom stereocenters. The second-order valence-electron chi connectivity index (χ2n) is 6.85. The third-order valence-corrected chi connectivity index (χ3v) is 5.39. The lowest BCUT2D eigenvalue weighted by molar-refractivity contribution is 0.0186. The van der Waals surface area contributed by atoms with Gasteiger partial charge in [0.25, 0.3) is 0 Å². The van der Waals surface area contributed by atoms with Crippen molar-refractivity contribution in [2.24, 2.45) is 7.05 Å². The average molecular weight is 335 g/mol. The SMILES string of the molecule is Cc1c([C@H](C)NC(=O)N2CCN(C3CCOCC3)CC2)cnn1C. The van der Waals surface area contributed by atoms with E-state index in [1.165, 1.54) is 0 Å². The van der Waals surface area contributed by atoms with Crippen molar-refractivity contribution in [1.29, 1.82) is 0 Å². The van der Waals surface area contributed by atoms with Crippen LogP contribution in [0.5, 0.6) is 0 Å². The standard InChI is InChI=1S/C17H29N5O2/c1-13(16-12-18-20(3)14(16)2)19-17(23)22-8-6-21(7-9-22)15-4-10-24-11-5-15/h12-13,15H,4-11H2,1-3H3,(H,19,23)/t13-/m0/s1. The Bertz CT molecular complexity index is 559. The van der Waals surface area contributed by atoms with Crippen LogP contribution in [0.15, 0.2) is 6.20 Å². The molecule has 3 rings (SSSR count). The fourth-order valence-corrected chi connectivity index (χ4v) is 3.64. The molecule has 2 saturated heterocycles. The van der Waals surface area contributed by atoms with Gasteiger partial charge in [-0.3, -0.25) is 9.58 Å². The summed E-state index contributed by atoms with van der Waals surface area (Å²) in [5.74, 6) is 0. The largest absolute Gasteiger partial charge is 0.381 e. The highest BCUT2D eigenvalue weighted by Gasteiger charge is 2.28. The maximum absolute atomic E-state index is 12.5. The minimum atomic E-state index is -0.0280. The van der Waals surface area contributed by atoms with Gasteiger partial charge in [-0.05, 0) is 26.7 Å². The molecule has 0 bridgehead atoms. The normalized spacial score (nSPS) is 21.7. The summed E-state index contributed by atoms with van der Waals surface area (Å²) in [6, 6.07) is 0.623. The molecule has 3 heterocycles. The molecule has 1 N–H and O–H groups in total. The highest BCUT2D eigenvalue weighted by Crippen LogP contribution is 2.18. The molecule has 0 spiro atoms. The summed E-state index contributed by atoms with van der Waals surface area (Å²) in [4.78, 5) is 17.0.